The number of fused-ring (bicyclic) bond motifs is 4. The lowest BCUT2D eigenvalue weighted by atomic mass is 9.48. The molecule has 178 valence electrons. The van der Waals surface area contributed by atoms with E-state index in [0.29, 0.717) is 23.0 Å². The molecule has 3 fully saturated rings. The van der Waals surface area contributed by atoms with Crippen molar-refractivity contribution in [1.82, 2.24) is 0 Å². The van der Waals surface area contributed by atoms with Gasteiger partial charge in [-0.05, 0) is 97.4 Å². The highest BCUT2D eigenvalue weighted by atomic mass is 16.5. The second-order valence-electron chi connectivity index (χ2n) is 12.7. The molecule has 2 nitrogen and oxygen atoms in total. The molecule has 0 amide bonds. The van der Waals surface area contributed by atoms with E-state index in [1.54, 1.807) is 5.57 Å². The minimum atomic E-state index is 0.371. The van der Waals surface area contributed by atoms with Crippen LogP contribution in [0.25, 0.3) is 0 Å². The molecule has 0 aromatic rings. The minimum absolute atomic E-state index is 0.371. The molecule has 4 rings (SSSR count). The molecule has 0 N–H and O–H groups in total. The van der Waals surface area contributed by atoms with Crippen LogP contribution in [0.4, 0.5) is 0 Å². The fourth-order valence-corrected chi connectivity index (χ4v) is 8.87. The van der Waals surface area contributed by atoms with Gasteiger partial charge in [-0.1, -0.05) is 59.5 Å². The molecule has 3 saturated carbocycles. The molecule has 2 heteroatoms. The van der Waals surface area contributed by atoms with Gasteiger partial charge in [-0.3, -0.25) is 0 Å². The highest BCUT2D eigenvalue weighted by Crippen LogP contribution is 2.66. The third kappa shape index (κ3) is 4.07. The Morgan fingerprint density at radius 3 is 2.39 bits per heavy atom. The van der Waals surface area contributed by atoms with Crippen LogP contribution in [0, 0.1) is 40.4 Å². The summed E-state index contributed by atoms with van der Waals surface area (Å²) in [6, 6.07) is 0. The quantitative estimate of drug-likeness (QED) is 0.383. The summed E-state index contributed by atoms with van der Waals surface area (Å²) >= 11 is 0. The van der Waals surface area contributed by atoms with Gasteiger partial charge in [0.1, 0.15) is 0 Å². The van der Waals surface area contributed by atoms with Crippen LogP contribution in [-0.4, -0.2) is 26.4 Å². The van der Waals surface area contributed by atoms with Crippen molar-refractivity contribution in [3.05, 3.63) is 11.1 Å². The van der Waals surface area contributed by atoms with Crippen molar-refractivity contribution in [3.8, 4) is 0 Å². The van der Waals surface area contributed by atoms with Crippen LogP contribution in [0.1, 0.15) is 105 Å². The first-order valence-corrected chi connectivity index (χ1v) is 13.5. The maximum atomic E-state index is 6.24. The van der Waals surface area contributed by atoms with Gasteiger partial charge in [0.25, 0.3) is 0 Å². The Bertz CT molecular complexity index is 666. The third-order valence-corrected chi connectivity index (χ3v) is 10.7. The van der Waals surface area contributed by atoms with Gasteiger partial charge in [0, 0.05) is 14.2 Å². The molecule has 0 radical (unpaired) electrons. The van der Waals surface area contributed by atoms with Crippen LogP contribution in [-0.2, 0) is 9.47 Å². The number of hydrogen-bond acceptors (Lipinski definition) is 2. The van der Waals surface area contributed by atoms with Gasteiger partial charge in [0.05, 0.1) is 12.2 Å². The van der Waals surface area contributed by atoms with E-state index in [1.807, 2.05) is 19.8 Å². The fourth-order valence-electron chi connectivity index (χ4n) is 8.87. The molecular formula is C29H50O2. The summed E-state index contributed by atoms with van der Waals surface area (Å²) in [6.07, 6.45) is 15.6. The fraction of sp³-hybridized carbons (Fsp3) is 0.931. The Hall–Kier alpha value is -0.340. The van der Waals surface area contributed by atoms with Gasteiger partial charge in [-0.2, -0.15) is 0 Å². The molecule has 0 spiro atoms. The highest BCUT2D eigenvalue weighted by molar-refractivity contribution is 5.38. The van der Waals surface area contributed by atoms with Gasteiger partial charge >= 0.3 is 0 Å². The second kappa shape index (κ2) is 9.13. The van der Waals surface area contributed by atoms with Gasteiger partial charge in [0.2, 0.25) is 0 Å². The average molecular weight is 431 g/mol. The Morgan fingerprint density at radius 1 is 0.935 bits per heavy atom. The lowest BCUT2D eigenvalue weighted by Crippen LogP contribution is -2.49. The molecule has 4 aliphatic rings. The van der Waals surface area contributed by atoms with E-state index in [-0.39, 0.29) is 0 Å². The van der Waals surface area contributed by atoms with Crippen molar-refractivity contribution in [2.45, 2.75) is 117 Å². The van der Waals surface area contributed by atoms with Gasteiger partial charge in [-0.15, -0.1) is 0 Å². The van der Waals surface area contributed by atoms with E-state index in [4.69, 9.17) is 9.47 Å². The van der Waals surface area contributed by atoms with E-state index in [0.717, 1.165) is 29.6 Å². The summed E-state index contributed by atoms with van der Waals surface area (Å²) in [5, 5.41) is 0. The van der Waals surface area contributed by atoms with Crippen molar-refractivity contribution < 1.29 is 9.47 Å². The minimum Gasteiger partial charge on any atom is -0.381 e. The largest absolute Gasteiger partial charge is 0.381 e. The van der Waals surface area contributed by atoms with E-state index in [9.17, 15) is 0 Å². The molecule has 0 bridgehead atoms. The Kier molecular flexibility index (Phi) is 7.01. The molecule has 0 aliphatic heterocycles. The van der Waals surface area contributed by atoms with Crippen LogP contribution >= 0.6 is 0 Å². The highest BCUT2D eigenvalue weighted by Gasteiger charge is 2.58. The first-order valence-electron chi connectivity index (χ1n) is 13.5. The normalized spacial score (nSPS) is 43.5. The Labute approximate surface area is 192 Å². The second-order valence-corrected chi connectivity index (χ2v) is 12.7. The molecule has 4 aliphatic carbocycles. The maximum absolute atomic E-state index is 6.24. The number of ether oxygens (including phenoxy) is 2. The molecule has 0 heterocycles. The zero-order valence-electron chi connectivity index (χ0n) is 21.6. The van der Waals surface area contributed by atoms with E-state index in [1.165, 1.54) is 70.6 Å². The first kappa shape index (κ1) is 23.8. The zero-order chi connectivity index (χ0) is 22.4. The van der Waals surface area contributed by atoms with Crippen molar-refractivity contribution in [2.24, 2.45) is 40.4 Å². The van der Waals surface area contributed by atoms with Gasteiger partial charge in [-0.25, -0.2) is 0 Å². The lowest BCUT2D eigenvalue weighted by molar-refractivity contribution is -0.0526. The van der Waals surface area contributed by atoms with Crippen LogP contribution in [0.3, 0.4) is 0 Å². The SMILES string of the molecule is CO[C@H]1CC[C@@]2(C)[C@@H](CCC3=C4[C@H](OC)C[C@H]([C@H](C)CCCC(C)C)[C@@]4(C)CC[C@@H]32)C1. The number of hydrogen-bond donors (Lipinski definition) is 0. The smallest absolute Gasteiger partial charge is 0.0792 e. The summed E-state index contributed by atoms with van der Waals surface area (Å²) in [5.41, 5.74) is 4.49. The summed E-state index contributed by atoms with van der Waals surface area (Å²) in [6.45, 7) is 12.5. The van der Waals surface area contributed by atoms with Crippen LogP contribution in [0.15, 0.2) is 11.1 Å². The molecule has 0 saturated heterocycles. The topological polar surface area (TPSA) is 18.5 Å². The Balaban J connectivity index is 1.60. The molecular weight excluding hydrogens is 380 g/mol. The monoisotopic (exact) mass is 430 g/mol. The molecule has 8 atom stereocenters. The Morgan fingerprint density at radius 2 is 1.71 bits per heavy atom. The number of methoxy groups -OCH3 is 2. The molecule has 0 aromatic carbocycles. The van der Waals surface area contributed by atoms with E-state index in [2.05, 4.69) is 34.6 Å². The van der Waals surface area contributed by atoms with Crippen molar-refractivity contribution in [2.75, 3.05) is 14.2 Å². The predicted molar refractivity (Wildman–Crippen MR) is 130 cm³/mol. The lowest BCUT2D eigenvalue weighted by Gasteiger charge is -2.57. The van der Waals surface area contributed by atoms with Crippen LogP contribution in [0.5, 0.6) is 0 Å². The zero-order valence-corrected chi connectivity index (χ0v) is 21.6. The summed E-state index contributed by atoms with van der Waals surface area (Å²) in [5.74, 6) is 4.07. The number of allylic oxidation sites excluding steroid dienone is 1. The van der Waals surface area contributed by atoms with Crippen molar-refractivity contribution >= 4 is 0 Å². The molecule has 0 aromatic heterocycles. The van der Waals surface area contributed by atoms with Crippen molar-refractivity contribution in [1.29, 1.82) is 0 Å². The standard InChI is InChI=1S/C29H50O2/c1-19(2)9-8-10-20(3)25-18-26(31-7)27-23-12-11-21-17-22(30-6)13-15-28(21,4)24(23)14-16-29(25,27)5/h19-22,24-26H,8-18H2,1-7H3/t20-,21+,22+,24+,25-,26-,28+,29-/m1/s1. The molecule has 31 heavy (non-hydrogen) atoms. The van der Waals surface area contributed by atoms with E-state index >= 15 is 0 Å². The summed E-state index contributed by atoms with van der Waals surface area (Å²) in [7, 11) is 3.89. The molecule has 0 unspecified atom stereocenters. The third-order valence-electron chi connectivity index (χ3n) is 10.7. The van der Waals surface area contributed by atoms with Gasteiger partial charge < -0.3 is 9.47 Å². The average Bonchev–Trinajstić information content (AvgIpc) is 3.05. The number of rotatable bonds is 7. The van der Waals surface area contributed by atoms with E-state index < -0.39 is 0 Å². The van der Waals surface area contributed by atoms with Crippen molar-refractivity contribution in [3.63, 3.8) is 0 Å². The maximum Gasteiger partial charge on any atom is 0.0792 e. The van der Waals surface area contributed by atoms with Crippen LogP contribution in [0.2, 0.25) is 0 Å². The first-order chi connectivity index (χ1) is 14.7. The van der Waals surface area contributed by atoms with Gasteiger partial charge in [0.15, 0.2) is 0 Å². The summed E-state index contributed by atoms with van der Waals surface area (Å²) < 4.78 is 12.0. The summed E-state index contributed by atoms with van der Waals surface area (Å²) in [4.78, 5) is 0. The predicted octanol–water partition coefficient (Wildman–Crippen LogP) is 7.81. The van der Waals surface area contributed by atoms with Crippen LogP contribution < -0.4 is 0 Å².